The van der Waals surface area contributed by atoms with Crippen LogP contribution in [0.3, 0.4) is 0 Å². The van der Waals surface area contributed by atoms with Gasteiger partial charge in [-0.15, -0.1) is 0 Å². The molecule has 13 heavy (non-hydrogen) atoms. The summed E-state index contributed by atoms with van der Waals surface area (Å²) in [6.45, 7) is 3.91. The molecule has 0 saturated carbocycles. The van der Waals surface area contributed by atoms with E-state index in [4.69, 9.17) is 0 Å². The van der Waals surface area contributed by atoms with Gasteiger partial charge in [0.15, 0.2) is 0 Å². The Kier molecular flexibility index (Phi) is 3.74. The average molecular weight is 304 g/mol. The maximum atomic E-state index is 4.33. The van der Waals surface area contributed by atoms with Gasteiger partial charge in [0.05, 0.1) is 0 Å². The minimum Gasteiger partial charge on any atom is 0 e. The maximum absolute atomic E-state index is 4.33. The zero-order valence-electron chi connectivity index (χ0n) is 7.57. The predicted molar refractivity (Wildman–Crippen MR) is 47.0 cm³/mol. The molecule has 3 radical (unpaired) electrons. The van der Waals surface area contributed by atoms with E-state index in [9.17, 15) is 0 Å². The molecule has 0 fully saturated rings. The van der Waals surface area contributed by atoms with Crippen molar-refractivity contribution in [3.63, 3.8) is 0 Å². The number of nitrogens with zero attached hydrogens (tertiary/aromatic N) is 3. The van der Waals surface area contributed by atoms with Crippen LogP contribution in [0.15, 0.2) is 6.07 Å². The van der Waals surface area contributed by atoms with Crippen LogP contribution in [0.1, 0.15) is 11.5 Å². The van der Waals surface area contributed by atoms with Gasteiger partial charge in [-0.25, -0.2) is 0 Å². The van der Waals surface area contributed by atoms with Crippen LogP contribution in [0.4, 0.5) is 0 Å². The van der Waals surface area contributed by atoms with E-state index in [2.05, 4.69) is 16.2 Å². The van der Waals surface area contributed by atoms with E-state index in [1.54, 1.807) is 0 Å². The van der Waals surface area contributed by atoms with Crippen molar-refractivity contribution in [3.8, 4) is 0 Å². The Hall–Kier alpha value is 0.360. The van der Waals surface area contributed by atoms with Crippen LogP contribution in [0.25, 0.3) is 11.0 Å². The standard InChI is InChI=1S/C8H7N3.Ga.Y/c1-5-7-3-4-9-8(7)11-6(2)10-5;;/h3H,1-2H3;;/q-2;+1;. The molecular formula is C8H7GaN3Y-. The van der Waals surface area contributed by atoms with Crippen molar-refractivity contribution in [1.29, 1.82) is 0 Å². The molecule has 0 N–H and O–H groups in total. The van der Waals surface area contributed by atoms with Gasteiger partial charge in [0.2, 0.25) is 0 Å². The second kappa shape index (κ2) is 4.26. The third-order valence-corrected chi connectivity index (χ3v) is 2.63. The number of fused-ring (bicyclic) bond motifs is 1. The van der Waals surface area contributed by atoms with Gasteiger partial charge in [0, 0.05) is 32.7 Å². The van der Waals surface area contributed by atoms with Crippen LogP contribution in [0, 0.1) is 20.0 Å². The normalized spacial score (nSPS) is 10.0. The topological polar surface area (TPSA) is 30.7 Å². The van der Waals surface area contributed by atoms with E-state index < -0.39 is 0 Å². The van der Waals surface area contributed by atoms with Crippen molar-refractivity contribution < 1.29 is 32.7 Å². The third kappa shape index (κ3) is 2.06. The molecular weight excluding hydrogens is 297 g/mol. The first-order valence-corrected chi connectivity index (χ1v) is 4.76. The quantitative estimate of drug-likeness (QED) is 0.532. The molecule has 2 aromatic rings. The van der Waals surface area contributed by atoms with Crippen LogP contribution in [-0.4, -0.2) is 32.1 Å². The molecule has 0 aliphatic rings. The van der Waals surface area contributed by atoms with Crippen molar-refractivity contribution in [2.75, 3.05) is 0 Å². The fourth-order valence-corrected chi connectivity index (χ4v) is 1.82. The van der Waals surface area contributed by atoms with Crippen LogP contribution in [0.5, 0.6) is 0 Å². The van der Waals surface area contributed by atoms with E-state index in [1.807, 2.05) is 23.2 Å². The zero-order chi connectivity index (χ0) is 8.72. The summed E-state index contributed by atoms with van der Waals surface area (Å²) in [4.78, 5) is 8.61. The average Bonchev–Trinajstić information content (AvgIpc) is 2.33. The summed E-state index contributed by atoms with van der Waals surface area (Å²) in [5, 5.41) is 1.10. The van der Waals surface area contributed by atoms with E-state index in [0.29, 0.717) is 0 Å². The molecule has 2 heterocycles. The largest absolute Gasteiger partial charge is 0 e. The van der Waals surface area contributed by atoms with Crippen molar-refractivity contribution in [1.82, 2.24) is 13.2 Å². The maximum Gasteiger partial charge on any atom is 0 e. The molecule has 61 valence electrons. The minimum absolute atomic E-state index is 0. The first kappa shape index (κ1) is 11.4. The summed E-state index contributed by atoms with van der Waals surface area (Å²) < 4.78 is 1.95. The fraction of sp³-hybridized carbons (Fsp3) is 0.250. The van der Waals surface area contributed by atoms with Crippen LogP contribution in [-0.2, 0) is 32.7 Å². The number of hydrogen-bond acceptors (Lipinski definition) is 2. The number of rotatable bonds is 0. The van der Waals surface area contributed by atoms with Crippen molar-refractivity contribution in [2.45, 2.75) is 13.8 Å². The Morgan fingerprint density at radius 1 is 1.38 bits per heavy atom. The summed E-state index contributed by atoms with van der Waals surface area (Å²) in [6, 6.07) is 1.94. The molecule has 2 aromatic heterocycles. The monoisotopic (exact) mass is 303 g/mol. The van der Waals surface area contributed by atoms with E-state index >= 15 is 0 Å². The van der Waals surface area contributed by atoms with Crippen molar-refractivity contribution >= 4 is 29.9 Å². The van der Waals surface area contributed by atoms with Gasteiger partial charge in [-0.3, -0.25) is 0 Å². The molecule has 0 aliphatic carbocycles. The summed E-state index contributed by atoms with van der Waals surface area (Å²) in [6.07, 6.45) is 3.09. The second-order valence-electron chi connectivity index (χ2n) is 2.74. The molecule has 0 aliphatic heterocycles. The molecule has 0 saturated heterocycles. The summed E-state index contributed by atoms with van der Waals surface area (Å²) >= 11 is 1.48. The third-order valence-electron chi connectivity index (χ3n) is 1.80. The minimum atomic E-state index is 0. The number of aryl methyl sites for hydroxylation is 2. The van der Waals surface area contributed by atoms with Crippen LogP contribution < -0.4 is 0 Å². The number of hydrogen-bond donors (Lipinski definition) is 0. The molecule has 0 spiro atoms. The molecule has 2 rings (SSSR count). The Bertz CT molecular complexity index is 438. The smallest absolute Gasteiger partial charge is 0 e. The summed E-state index contributed by atoms with van der Waals surface area (Å²) in [5.41, 5.74) is 2.02. The van der Waals surface area contributed by atoms with Gasteiger partial charge in [0.1, 0.15) is 0 Å². The Morgan fingerprint density at radius 2 is 2.08 bits per heavy atom. The van der Waals surface area contributed by atoms with Crippen molar-refractivity contribution in [3.05, 3.63) is 23.8 Å². The fourth-order valence-electron chi connectivity index (χ4n) is 1.25. The van der Waals surface area contributed by atoms with Gasteiger partial charge < -0.3 is 0 Å². The predicted octanol–water partition coefficient (Wildman–Crippen LogP) is 0.777. The van der Waals surface area contributed by atoms with Gasteiger partial charge in [0.25, 0.3) is 0 Å². The number of aromatic nitrogens is 3. The SMILES string of the molecule is Cc1nc(C)c2c[c-][n]([Ga])c2n1.[Y]. The molecule has 5 heteroatoms. The van der Waals surface area contributed by atoms with Crippen molar-refractivity contribution in [2.24, 2.45) is 0 Å². The Morgan fingerprint density at radius 3 is 2.77 bits per heavy atom. The Labute approximate surface area is 112 Å². The first-order valence-electron chi connectivity index (χ1n) is 3.68. The zero-order valence-corrected chi connectivity index (χ0v) is 12.8. The summed E-state index contributed by atoms with van der Waals surface area (Å²) in [7, 11) is 0. The molecule has 0 bridgehead atoms. The molecule has 0 unspecified atom stereocenters. The van der Waals surface area contributed by atoms with E-state index in [1.165, 1.54) is 18.8 Å². The van der Waals surface area contributed by atoms with Gasteiger partial charge in [-0.2, -0.15) is 0 Å². The van der Waals surface area contributed by atoms with E-state index in [-0.39, 0.29) is 32.7 Å². The molecule has 0 atom stereocenters. The summed E-state index contributed by atoms with van der Waals surface area (Å²) in [5.74, 6) is 0.825. The molecule has 0 amide bonds. The van der Waals surface area contributed by atoms with Gasteiger partial charge in [-0.05, 0) is 0 Å². The van der Waals surface area contributed by atoms with Gasteiger partial charge in [-0.1, -0.05) is 0 Å². The van der Waals surface area contributed by atoms with Crippen LogP contribution in [0.2, 0.25) is 0 Å². The molecule has 3 nitrogen and oxygen atoms in total. The first-order chi connectivity index (χ1) is 5.68. The van der Waals surface area contributed by atoms with Crippen LogP contribution >= 0.6 is 0 Å². The second-order valence-corrected chi connectivity index (χ2v) is 3.82. The van der Waals surface area contributed by atoms with Gasteiger partial charge >= 0.3 is 80.7 Å². The molecule has 0 aromatic carbocycles. The van der Waals surface area contributed by atoms with E-state index in [0.717, 1.165) is 22.6 Å². The Balaban J connectivity index is 0.000000845.